The molecule has 6 heteroatoms. The van der Waals surface area contributed by atoms with Gasteiger partial charge in [-0.2, -0.15) is 4.80 Å². The summed E-state index contributed by atoms with van der Waals surface area (Å²) >= 11 is 0. The molecule has 5 aromatic rings. The first-order chi connectivity index (χ1) is 15.3. The molecule has 0 saturated heterocycles. The number of ether oxygens (including phenoxy) is 2. The van der Waals surface area contributed by atoms with E-state index in [0.29, 0.717) is 5.75 Å². The second kappa shape index (κ2) is 7.91. The first-order valence-corrected chi connectivity index (χ1v) is 9.87. The topological polar surface area (TPSA) is 62.1 Å². The molecule has 2 aromatic heterocycles. The van der Waals surface area contributed by atoms with Gasteiger partial charge in [-0.05, 0) is 29.8 Å². The Morgan fingerprint density at radius 2 is 1.35 bits per heavy atom. The van der Waals surface area contributed by atoms with E-state index < -0.39 is 0 Å². The van der Waals surface area contributed by atoms with Gasteiger partial charge in [0.1, 0.15) is 22.5 Å². The quantitative estimate of drug-likeness (QED) is 0.402. The molecule has 0 atom stereocenters. The van der Waals surface area contributed by atoms with Crippen LogP contribution in [0.1, 0.15) is 0 Å². The Hall–Kier alpha value is -4.19. The van der Waals surface area contributed by atoms with Gasteiger partial charge in [0.2, 0.25) is 0 Å². The van der Waals surface area contributed by atoms with Crippen molar-refractivity contribution in [2.75, 3.05) is 14.2 Å². The fourth-order valence-electron chi connectivity index (χ4n) is 3.68. The Kier molecular flexibility index (Phi) is 4.80. The maximum absolute atomic E-state index is 5.65. The van der Waals surface area contributed by atoms with Crippen molar-refractivity contribution >= 4 is 11.0 Å². The van der Waals surface area contributed by atoms with Gasteiger partial charge < -0.3 is 9.47 Å². The Labute approximate surface area is 179 Å². The average molecular weight is 408 g/mol. The molecule has 152 valence electrons. The number of hydrogen-bond acceptors (Lipinski definition) is 5. The number of methoxy groups -OCH3 is 2. The molecule has 0 saturated carbocycles. The molecule has 0 spiro atoms. The molecule has 0 aliphatic carbocycles. The van der Waals surface area contributed by atoms with Crippen molar-refractivity contribution in [1.82, 2.24) is 20.0 Å². The number of rotatable bonds is 5. The van der Waals surface area contributed by atoms with E-state index in [1.807, 2.05) is 48.5 Å². The van der Waals surface area contributed by atoms with Gasteiger partial charge in [0.15, 0.2) is 0 Å². The highest BCUT2D eigenvalue weighted by atomic mass is 16.5. The van der Waals surface area contributed by atoms with Crippen LogP contribution in [-0.4, -0.2) is 34.2 Å². The molecule has 6 nitrogen and oxygen atoms in total. The second-order valence-electron chi connectivity index (χ2n) is 6.98. The third kappa shape index (κ3) is 3.38. The number of nitrogens with zero attached hydrogens (tertiary/aromatic N) is 4. The van der Waals surface area contributed by atoms with Crippen molar-refractivity contribution < 1.29 is 9.47 Å². The molecular formula is C25H20N4O2. The highest BCUT2D eigenvalue weighted by Gasteiger charge is 2.18. The average Bonchev–Trinajstić information content (AvgIpc) is 3.30. The van der Waals surface area contributed by atoms with Crippen LogP contribution in [0.3, 0.4) is 0 Å². The third-order valence-electron chi connectivity index (χ3n) is 5.22. The van der Waals surface area contributed by atoms with Crippen molar-refractivity contribution in [2.24, 2.45) is 0 Å². The van der Waals surface area contributed by atoms with Crippen molar-refractivity contribution in [2.45, 2.75) is 0 Å². The van der Waals surface area contributed by atoms with Crippen LogP contribution in [0.15, 0.2) is 85.2 Å². The van der Waals surface area contributed by atoms with E-state index >= 15 is 0 Å². The van der Waals surface area contributed by atoms with Crippen LogP contribution in [0.25, 0.3) is 39.0 Å². The number of aromatic nitrogens is 4. The zero-order valence-corrected chi connectivity index (χ0v) is 17.2. The zero-order valence-electron chi connectivity index (χ0n) is 17.2. The van der Waals surface area contributed by atoms with Crippen molar-refractivity contribution in [3.8, 4) is 39.4 Å². The lowest BCUT2D eigenvalue weighted by molar-refractivity contribution is 0.395. The summed E-state index contributed by atoms with van der Waals surface area (Å²) in [5.74, 6) is 1.45. The Bertz CT molecular complexity index is 1350. The van der Waals surface area contributed by atoms with Gasteiger partial charge in [-0.25, -0.2) is 0 Å². The summed E-state index contributed by atoms with van der Waals surface area (Å²) in [5, 5.41) is 9.70. The van der Waals surface area contributed by atoms with Crippen LogP contribution in [0.5, 0.6) is 11.5 Å². The van der Waals surface area contributed by atoms with Gasteiger partial charge in [0.25, 0.3) is 0 Å². The minimum Gasteiger partial charge on any atom is -0.497 e. The second-order valence-corrected chi connectivity index (χ2v) is 6.98. The number of fused-ring (bicyclic) bond motifs is 1. The zero-order chi connectivity index (χ0) is 21.2. The highest BCUT2D eigenvalue weighted by Crippen LogP contribution is 2.39. The monoisotopic (exact) mass is 408 g/mol. The van der Waals surface area contributed by atoms with Gasteiger partial charge in [-0.1, -0.05) is 42.5 Å². The molecule has 0 N–H and O–H groups in total. The molecule has 0 unspecified atom stereocenters. The highest BCUT2D eigenvalue weighted by molar-refractivity contribution is 6.01. The first kappa shape index (κ1) is 18.8. The fourth-order valence-corrected chi connectivity index (χ4v) is 3.68. The largest absolute Gasteiger partial charge is 0.497 e. The molecule has 0 fully saturated rings. The number of benzene rings is 3. The van der Waals surface area contributed by atoms with Gasteiger partial charge in [-0.3, -0.25) is 4.98 Å². The van der Waals surface area contributed by atoms with Crippen LogP contribution in [0, 0.1) is 0 Å². The van der Waals surface area contributed by atoms with E-state index in [1.54, 1.807) is 31.4 Å². The lowest BCUT2D eigenvalue weighted by Crippen LogP contribution is -1.98. The molecule has 0 radical (unpaired) electrons. The van der Waals surface area contributed by atoms with Crippen LogP contribution >= 0.6 is 0 Å². The molecule has 0 aliphatic heterocycles. The van der Waals surface area contributed by atoms with Crippen LogP contribution in [-0.2, 0) is 0 Å². The first-order valence-electron chi connectivity index (χ1n) is 9.87. The lowest BCUT2D eigenvalue weighted by Gasteiger charge is -2.12. The normalized spacial score (nSPS) is 10.9. The summed E-state index contributed by atoms with van der Waals surface area (Å²) in [6, 6.07) is 23.9. The molecule has 0 amide bonds. The van der Waals surface area contributed by atoms with E-state index in [1.165, 1.54) is 0 Å². The van der Waals surface area contributed by atoms with Gasteiger partial charge in [-0.15, -0.1) is 10.2 Å². The predicted molar refractivity (Wildman–Crippen MR) is 121 cm³/mol. The number of hydrogen-bond donors (Lipinski definition) is 0. The summed E-state index contributed by atoms with van der Waals surface area (Å²) < 4.78 is 11.0. The van der Waals surface area contributed by atoms with E-state index in [0.717, 1.165) is 44.7 Å². The summed E-state index contributed by atoms with van der Waals surface area (Å²) in [6.07, 6.45) is 3.46. The Morgan fingerprint density at radius 1 is 0.677 bits per heavy atom. The predicted octanol–water partition coefficient (Wildman–Crippen LogP) is 5.17. The van der Waals surface area contributed by atoms with Crippen molar-refractivity contribution in [3.05, 3.63) is 85.2 Å². The van der Waals surface area contributed by atoms with Crippen LogP contribution < -0.4 is 9.47 Å². The lowest BCUT2D eigenvalue weighted by atomic mass is 9.97. The molecular weight excluding hydrogens is 388 g/mol. The fraction of sp³-hybridized carbons (Fsp3) is 0.0800. The molecule has 5 rings (SSSR count). The van der Waals surface area contributed by atoms with Crippen LogP contribution in [0.4, 0.5) is 0 Å². The molecule has 31 heavy (non-hydrogen) atoms. The summed E-state index contributed by atoms with van der Waals surface area (Å²) in [5.41, 5.74) is 6.43. The minimum atomic E-state index is 0.714. The molecule has 0 aliphatic rings. The minimum absolute atomic E-state index is 0.714. The smallest absolute Gasteiger partial charge is 0.130 e. The van der Waals surface area contributed by atoms with Gasteiger partial charge in [0.05, 0.1) is 19.9 Å². The third-order valence-corrected chi connectivity index (χ3v) is 5.22. The van der Waals surface area contributed by atoms with E-state index in [2.05, 4.69) is 29.2 Å². The Morgan fingerprint density at radius 3 is 2.06 bits per heavy atom. The standard InChI is InChI=1S/C25H20N4O2/c1-30-19-8-9-21(23(16-19)31-2)22-11-10-20(17-6-4-3-5-7-17)24-25(22)28-29(27-24)18-12-14-26-15-13-18/h3-16H,1-2H3. The van der Waals surface area contributed by atoms with E-state index in [-0.39, 0.29) is 0 Å². The van der Waals surface area contributed by atoms with Gasteiger partial charge >= 0.3 is 0 Å². The molecule has 2 heterocycles. The van der Waals surface area contributed by atoms with Crippen molar-refractivity contribution in [1.29, 1.82) is 0 Å². The Balaban J connectivity index is 1.78. The van der Waals surface area contributed by atoms with Gasteiger partial charge in [0, 0.05) is 35.2 Å². The maximum atomic E-state index is 5.65. The summed E-state index contributed by atoms with van der Waals surface area (Å²) in [4.78, 5) is 5.75. The number of pyridine rings is 1. The van der Waals surface area contributed by atoms with Crippen LogP contribution in [0.2, 0.25) is 0 Å². The van der Waals surface area contributed by atoms with E-state index in [4.69, 9.17) is 19.7 Å². The SMILES string of the molecule is COc1ccc(-c2ccc(-c3ccccc3)c3nn(-c4ccncc4)nc23)c(OC)c1. The summed E-state index contributed by atoms with van der Waals surface area (Å²) in [6.45, 7) is 0. The van der Waals surface area contributed by atoms with Crippen molar-refractivity contribution in [3.63, 3.8) is 0 Å². The van der Waals surface area contributed by atoms with E-state index in [9.17, 15) is 0 Å². The molecule has 3 aromatic carbocycles. The molecule has 0 bridgehead atoms. The maximum Gasteiger partial charge on any atom is 0.130 e. The summed E-state index contributed by atoms with van der Waals surface area (Å²) in [7, 11) is 3.29.